The van der Waals surface area contributed by atoms with Crippen LogP contribution in [0.15, 0.2) is 29.2 Å². The van der Waals surface area contributed by atoms with Crippen LogP contribution in [0.4, 0.5) is 0 Å². The Bertz CT molecular complexity index is 793. The van der Waals surface area contributed by atoms with Gasteiger partial charge in [-0.05, 0) is 23.3 Å². The van der Waals surface area contributed by atoms with Gasteiger partial charge in [-0.3, -0.25) is 4.79 Å². The van der Waals surface area contributed by atoms with Gasteiger partial charge in [-0.1, -0.05) is 23.2 Å². The zero-order chi connectivity index (χ0) is 14.9. The average Bonchev–Trinajstić information content (AvgIpc) is 2.61. The van der Waals surface area contributed by atoms with Crippen molar-refractivity contribution >= 4 is 44.4 Å². The molecule has 0 aliphatic carbocycles. The lowest BCUT2D eigenvalue weighted by Crippen LogP contribution is -2.17. The van der Waals surface area contributed by atoms with Crippen molar-refractivity contribution in [2.75, 3.05) is 0 Å². The van der Waals surface area contributed by atoms with E-state index >= 15 is 0 Å². The van der Waals surface area contributed by atoms with Crippen LogP contribution >= 0.6 is 34.5 Å². The van der Waals surface area contributed by atoms with Crippen LogP contribution in [-0.4, -0.2) is 13.0 Å². The Kier molecular flexibility index (Phi) is 4.59. The molecule has 0 atom stereocenters. The van der Waals surface area contributed by atoms with Gasteiger partial charge in [0.1, 0.15) is 0 Å². The lowest BCUT2D eigenvalue weighted by Gasteiger charge is -2.05. The molecule has 2 heterocycles. The van der Waals surface area contributed by atoms with Crippen molar-refractivity contribution in [1.29, 1.82) is 0 Å². The highest BCUT2D eigenvalue weighted by atomic mass is 35.5. The van der Waals surface area contributed by atoms with E-state index in [1.54, 1.807) is 25.4 Å². The molecule has 2 rings (SSSR count). The van der Waals surface area contributed by atoms with Gasteiger partial charge < -0.3 is 4.57 Å². The van der Waals surface area contributed by atoms with E-state index in [9.17, 15) is 13.2 Å². The number of sulfone groups is 1. The molecule has 20 heavy (non-hydrogen) atoms. The minimum atomic E-state index is -3.41. The minimum absolute atomic E-state index is 0.190. The second-order valence-corrected chi connectivity index (χ2v) is 8.72. The summed E-state index contributed by atoms with van der Waals surface area (Å²) >= 11 is 12.8. The predicted octanol–water partition coefficient (Wildman–Crippen LogP) is 2.87. The third kappa shape index (κ3) is 3.85. The van der Waals surface area contributed by atoms with Crippen LogP contribution in [0, 0.1) is 0 Å². The van der Waals surface area contributed by atoms with Crippen molar-refractivity contribution in [3.63, 3.8) is 0 Å². The van der Waals surface area contributed by atoms with Gasteiger partial charge in [0.15, 0.2) is 9.84 Å². The Labute approximate surface area is 130 Å². The smallest absolute Gasteiger partial charge is 0.250 e. The van der Waals surface area contributed by atoms with Crippen LogP contribution in [0.2, 0.25) is 8.67 Å². The Morgan fingerprint density at radius 2 is 1.95 bits per heavy atom. The van der Waals surface area contributed by atoms with Crippen molar-refractivity contribution in [3.8, 4) is 0 Å². The number of rotatable bonds is 4. The molecule has 4 nitrogen and oxygen atoms in total. The summed E-state index contributed by atoms with van der Waals surface area (Å²) in [5, 5.41) is 0. The molecule has 0 saturated carbocycles. The average molecular weight is 352 g/mol. The van der Waals surface area contributed by atoms with Gasteiger partial charge >= 0.3 is 0 Å². The number of halogens is 2. The van der Waals surface area contributed by atoms with Crippen molar-refractivity contribution in [1.82, 2.24) is 4.57 Å². The number of nitrogens with zero attached hydrogens (tertiary/aromatic N) is 1. The maximum atomic E-state index is 12.1. The SMILES string of the molecule is Cn1ccc(CS(=O)(=O)Cc2cc(Cl)sc2Cl)cc1=O. The summed E-state index contributed by atoms with van der Waals surface area (Å²) < 4.78 is 26.5. The quantitative estimate of drug-likeness (QED) is 0.850. The molecule has 108 valence electrons. The topological polar surface area (TPSA) is 56.1 Å². The molecule has 0 aromatic carbocycles. The molecule has 8 heteroatoms. The Hall–Kier alpha value is -0.820. The summed E-state index contributed by atoms with van der Waals surface area (Å²) in [6.45, 7) is 0. The molecule has 2 aromatic heterocycles. The zero-order valence-electron chi connectivity index (χ0n) is 10.5. The summed E-state index contributed by atoms with van der Waals surface area (Å²) in [6.07, 6.45) is 1.54. The molecule has 2 aromatic rings. The number of pyridine rings is 1. The second kappa shape index (κ2) is 5.89. The highest BCUT2D eigenvalue weighted by molar-refractivity contribution is 7.89. The fourth-order valence-electron chi connectivity index (χ4n) is 1.69. The summed E-state index contributed by atoms with van der Waals surface area (Å²) in [4.78, 5) is 11.5. The predicted molar refractivity (Wildman–Crippen MR) is 82.3 cm³/mol. The van der Waals surface area contributed by atoms with Gasteiger partial charge in [0.2, 0.25) is 0 Å². The normalized spacial score (nSPS) is 11.8. The van der Waals surface area contributed by atoms with Crippen LogP contribution in [0.5, 0.6) is 0 Å². The highest BCUT2D eigenvalue weighted by Crippen LogP contribution is 2.32. The number of aryl methyl sites for hydroxylation is 1. The monoisotopic (exact) mass is 351 g/mol. The Balaban J connectivity index is 2.21. The third-order valence-corrected chi connectivity index (χ3v) is 5.75. The summed E-state index contributed by atoms with van der Waals surface area (Å²) in [6, 6.07) is 4.48. The molecule has 0 amide bonds. The van der Waals surface area contributed by atoms with E-state index < -0.39 is 9.84 Å². The molecule has 0 aliphatic heterocycles. The molecule has 0 spiro atoms. The fourth-order valence-corrected chi connectivity index (χ4v) is 4.84. The first-order valence-electron chi connectivity index (χ1n) is 5.56. The molecule has 0 aliphatic rings. The highest BCUT2D eigenvalue weighted by Gasteiger charge is 2.17. The number of aromatic nitrogens is 1. The zero-order valence-corrected chi connectivity index (χ0v) is 13.6. The fraction of sp³-hybridized carbons (Fsp3) is 0.250. The van der Waals surface area contributed by atoms with Crippen LogP contribution in [0.25, 0.3) is 0 Å². The van der Waals surface area contributed by atoms with Gasteiger partial charge in [0.25, 0.3) is 5.56 Å². The van der Waals surface area contributed by atoms with Crippen LogP contribution in [-0.2, 0) is 28.4 Å². The van der Waals surface area contributed by atoms with Crippen LogP contribution in [0.1, 0.15) is 11.1 Å². The molecular formula is C12H11Cl2NO3S2. The lowest BCUT2D eigenvalue weighted by atomic mass is 10.3. The molecular weight excluding hydrogens is 341 g/mol. The van der Waals surface area contributed by atoms with Crippen molar-refractivity contribution in [3.05, 3.63) is 54.5 Å². The van der Waals surface area contributed by atoms with Crippen LogP contribution < -0.4 is 5.56 Å². The molecule has 0 saturated heterocycles. The van der Waals surface area contributed by atoms with Gasteiger partial charge in [-0.2, -0.15) is 0 Å². The van der Waals surface area contributed by atoms with Gasteiger partial charge in [0.05, 0.1) is 20.2 Å². The Morgan fingerprint density at radius 3 is 2.50 bits per heavy atom. The standard InChI is InChI=1S/C12H11Cl2NO3S2/c1-15-3-2-8(4-11(15)16)6-20(17,18)7-9-5-10(13)19-12(9)14/h2-5H,6-7H2,1H3. The first kappa shape index (κ1) is 15.6. The molecule has 0 radical (unpaired) electrons. The van der Waals surface area contributed by atoms with Gasteiger partial charge in [-0.25, -0.2) is 8.42 Å². The number of hydrogen-bond acceptors (Lipinski definition) is 4. The van der Waals surface area contributed by atoms with Crippen molar-refractivity contribution in [2.24, 2.45) is 7.05 Å². The number of hydrogen-bond donors (Lipinski definition) is 0. The third-order valence-electron chi connectivity index (χ3n) is 2.66. The largest absolute Gasteiger partial charge is 0.319 e. The van der Waals surface area contributed by atoms with E-state index in [1.807, 2.05) is 0 Å². The van der Waals surface area contributed by atoms with Crippen molar-refractivity contribution < 1.29 is 8.42 Å². The van der Waals surface area contributed by atoms with E-state index in [0.29, 0.717) is 19.8 Å². The summed E-state index contributed by atoms with van der Waals surface area (Å²) in [5.74, 6) is -0.392. The van der Waals surface area contributed by atoms with Crippen LogP contribution in [0.3, 0.4) is 0 Å². The van der Waals surface area contributed by atoms with E-state index in [4.69, 9.17) is 23.2 Å². The van der Waals surface area contributed by atoms with Crippen molar-refractivity contribution in [2.45, 2.75) is 11.5 Å². The second-order valence-electron chi connectivity index (χ2n) is 4.37. The minimum Gasteiger partial charge on any atom is -0.319 e. The summed E-state index contributed by atoms with van der Waals surface area (Å²) in [7, 11) is -1.81. The van der Waals surface area contributed by atoms with Gasteiger partial charge in [-0.15, -0.1) is 11.3 Å². The van der Waals surface area contributed by atoms with E-state index in [2.05, 4.69) is 0 Å². The summed E-state index contributed by atoms with van der Waals surface area (Å²) in [5.41, 5.74) is 0.713. The van der Waals surface area contributed by atoms with E-state index in [-0.39, 0.29) is 17.1 Å². The lowest BCUT2D eigenvalue weighted by molar-refractivity contribution is 0.594. The molecule has 0 unspecified atom stereocenters. The molecule has 0 bridgehead atoms. The van der Waals surface area contributed by atoms with Gasteiger partial charge in [0, 0.05) is 19.3 Å². The maximum absolute atomic E-state index is 12.1. The van der Waals surface area contributed by atoms with E-state index in [1.165, 1.54) is 10.6 Å². The first-order chi connectivity index (χ1) is 9.27. The number of thiophene rings is 1. The Morgan fingerprint density at radius 1 is 1.25 bits per heavy atom. The van der Waals surface area contributed by atoms with E-state index in [0.717, 1.165) is 11.3 Å². The first-order valence-corrected chi connectivity index (χ1v) is 8.96. The maximum Gasteiger partial charge on any atom is 0.250 e. The molecule has 0 N–H and O–H groups in total. The molecule has 0 fully saturated rings.